The van der Waals surface area contributed by atoms with Crippen LogP contribution in [0.1, 0.15) is 28.8 Å². The van der Waals surface area contributed by atoms with Crippen molar-refractivity contribution in [2.24, 2.45) is 11.7 Å². The van der Waals surface area contributed by atoms with E-state index in [1.165, 1.54) is 18.2 Å². The molecule has 0 spiro atoms. The highest BCUT2D eigenvalue weighted by atomic mass is 16.5. The number of ether oxygens (including phenoxy) is 1. The minimum absolute atomic E-state index is 0.0786. The minimum Gasteiger partial charge on any atom is -0.508 e. The lowest BCUT2D eigenvalue weighted by atomic mass is 9.98. The van der Waals surface area contributed by atoms with Gasteiger partial charge in [0.2, 0.25) is 0 Å². The Morgan fingerprint density at radius 3 is 2.83 bits per heavy atom. The molecule has 7 nitrogen and oxygen atoms in total. The minimum atomic E-state index is -0.250. The number of benzene rings is 2. The molecule has 1 aliphatic heterocycles. The molecule has 1 atom stereocenters. The molecule has 0 radical (unpaired) electrons. The lowest BCUT2D eigenvalue weighted by Crippen LogP contribution is -2.41. The zero-order valence-electron chi connectivity index (χ0n) is 16.5. The van der Waals surface area contributed by atoms with Crippen molar-refractivity contribution < 1.29 is 19.7 Å². The van der Waals surface area contributed by atoms with E-state index < -0.39 is 0 Å². The molecule has 1 amide bonds. The van der Waals surface area contributed by atoms with Crippen LogP contribution in [0.25, 0.3) is 5.70 Å². The number of aromatic hydroxyl groups is 2. The van der Waals surface area contributed by atoms with Crippen LogP contribution >= 0.6 is 0 Å². The Morgan fingerprint density at radius 2 is 2.14 bits per heavy atom. The summed E-state index contributed by atoms with van der Waals surface area (Å²) in [5.74, 6) is 0.266. The highest BCUT2D eigenvalue weighted by molar-refractivity contribution is 5.97. The SMILES string of the molecule is C=C(N)c1c(NC)cccc1OCC1CCCN(C(=O)c2ccc(O)cc2O)C1. The van der Waals surface area contributed by atoms with Crippen LogP contribution < -0.4 is 15.8 Å². The van der Waals surface area contributed by atoms with E-state index >= 15 is 0 Å². The lowest BCUT2D eigenvalue weighted by Gasteiger charge is -2.33. The quantitative estimate of drug-likeness (QED) is 0.597. The van der Waals surface area contributed by atoms with E-state index in [0.29, 0.717) is 31.1 Å². The van der Waals surface area contributed by atoms with E-state index in [2.05, 4.69) is 11.9 Å². The van der Waals surface area contributed by atoms with Gasteiger partial charge in [0.05, 0.1) is 17.7 Å². The van der Waals surface area contributed by atoms with Crippen LogP contribution in [0, 0.1) is 5.92 Å². The fourth-order valence-electron chi connectivity index (χ4n) is 3.66. The van der Waals surface area contributed by atoms with Crippen LogP contribution in [0.15, 0.2) is 43.0 Å². The van der Waals surface area contributed by atoms with Crippen molar-refractivity contribution in [1.29, 1.82) is 0 Å². The number of phenols is 2. The Morgan fingerprint density at radius 1 is 1.34 bits per heavy atom. The summed E-state index contributed by atoms with van der Waals surface area (Å²) >= 11 is 0. The van der Waals surface area contributed by atoms with Gasteiger partial charge in [-0.05, 0) is 37.1 Å². The largest absolute Gasteiger partial charge is 0.508 e. The van der Waals surface area contributed by atoms with E-state index in [0.717, 1.165) is 24.1 Å². The van der Waals surface area contributed by atoms with Gasteiger partial charge in [-0.25, -0.2) is 0 Å². The van der Waals surface area contributed by atoms with Crippen molar-refractivity contribution in [3.63, 3.8) is 0 Å². The maximum Gasteiger partial charge on any atom is 0.257 e. The van der Waals surface area contributed by atoms with Gasteiger partial charge in [0.1, 0.15) is 17.2 Å². The first-order chi connectivity index (χ1) is 13.9. The summed E-state index contributed by atoms with van der Waals surface area (Å²) in [5.41, 5.74) is 8.14. The number of rotatable bonds is 6. The molecule has 0 aliphatic carbocycles. The average molecular weight is 397 g/mol. The molecule has 1 heterocycles. The zero-order chi connectivity index (χ0) is 21.0. The summed E-state index contributed by atoms with van der Waals surface area (Å²) in [4.78, 5) is 14.5. The number of amides is 1. The number of anilines is 1. The van der Waals surface area contributed by atoms with E-state index in [1.807, 2.05) is 25.2 Å². The zero-order valence-corrected chi connectivity index (χ0v) is 16.5. The first kappa shape index (κ1) is 20.4. The average Bonchev–Trinajstić information content (AvgIpc) is 2.71. The second-order valence-electron chi connectivity index (χ2n) is 7.23. The Hall–Kier alpha value is -3.35. The maximum absolute atomic E-state index is 12.8. The van der Waals surface area contributed by atoms with Crippen molar-refractivity contribution in [3.8, 4) is 17.2 Å². The molecule has 2 aromatic rings. The van der Waals surface area contributed by atoms with E-state index in [1.54, 1.807) is 4.90 Å². The highest BCUT2D eigenvalue weighted by Crippen LogP contribution is 2.31. The van der Waals surface area contributed by atoms with Gasteiger partial charge in [-0.3, -0.25) is 4.79 Å². The molecule has 29 heavy (non-hydrogen) atoms. The highest BCUT2D eigenvalue weighted by Gasteiger charge is 2.27. The first-order valence-electron chi connectivity index (χ1n) is 9.60. The monoisotopic (exact) mass is 397 g/mol. The predicted octanol–water partition coefficient (Wildman–Crippen LogP) is 3.00. The van der Waals surface area contributed by atoms with Crippen molar-refractivity contribution in [1.82, 2.24) is 4.90 Å². The third-order valence-electron chi connectivity index (χ3n) is 5.11. The standard InChI is InChI=1S/C22H27N3O4/c1-14(23)21-18(24-2)6-3-7-20(21)29-13-15-5-4-10-25(12-15)22(28)17-9-8-16(26)11-19(17)27/h3,6-9,11,15,24,26-27H,1,4-5,10,12-13,23H2,2H3. The van der Waals surface area contributed by atoms with Crippen LogP contribution in [0.4, 0.5) is 5.69 Å². The molecule has 1 unspecified atom stereocenters. The second kappa shape index (κ2) is 8.77. The molecule has 5 N–H and O–H groups in total. The Labute approximate surface area is 170 Å². The van der Waals surface area contributed by atoms with Crippen LogP contribution in [-0.4, -0.2) is 47.8 Å². The molecule has 1 aliphatic rings. The van der Waals surface area contributed by atoms with Gasteiger partial charge in [0, 0.05) is 43.5 Å². The van der Waals surface area contributed by atoms with Crippen molar-refractivity contribution in [2.75, 3.05) is 32.1 Å². The number of hydrogen-bond donors (Lipinski definition) is 4. The summed E-state index contributed by atoms with van der Waals surface area (Å²) in [6.07, 6.45) is 1.79. The van der Waals surface area contributed by atoms with Crippen LogP contribution in [-0.2, 0) is 0 Å². The van der Waals surface area contributed by atoms with Crippen molar-refractivity contribution in [3.05, 3.63) is 54.1 Å². The lowest BCUT2D eigenvalue weighted by molar-refractivity contribution is 0.0630. The van der Waals surface area contributed by atoms with E-state index in [4.69, 9.17) is 10.5 Å². The van der Waals surface area contributed by atoms with Crippen molar-refractivity contribution in [2.45, 2.75) is 12.8 Å². The number of phenolic OH excluding ortho intramolecular Hbond substituents is 2. The van der Waals surface area contributed by atoms with Crippen LogP contribution in [0.2, 0.25) is 0 Å². The molecule has 0 aromatic heterocycles. The number of carbonyl (C=O) groups is 1. The van der Waals surface area contributed by atoms with Gasteiger partial charge in [0.25, 0.3) is 5.91 Å². The Bertz CT molecular complexity index is 913. The first-order valence-corrected chi connectivity index (χ1v) is 9.60. The predicted molar refractivity (Wildman–Crippen MR) is 113 cm³/mol. The second-order valence-corrected chi connectivity index (χ2v) is 7.23. The van der Waals surface area contributed by atoms with Gasteiger partial charge in [-0.2, -0.15) is 0 Å². The Balaban J connectivity index is 1.68. The van der Waals surface area contributed by atoms with E-state index in [9.17, 15) is 15.0 Å². The number of nitrogens with two attached hydrogens (primary N) is 1. The molecule has 1 fully saturated rings. The van der Waals surface area contributed by atoms with Crippen LogP contribution in [0.5, 0.6) is 17.2 Å². The molecule has 3 rings (SSSR count). The number of nitrogens with one attached hydrogen (secondary N) is 1. The van der Waals surface area contributed by atoms with Gasteiger partial charge >= 0.3 is 0 Å². The van der Waals surface area contributed by atoms with Crippen LogP contribution in [0.3, 0.4) is 0 Å². The number of carbonyl (C=O) groups excluding carboxylic acids is 1. The smallest absolute Gasteiger partial charge is 0.257 e. The summed E-state index contributed by atoms with van der Waals surface area (Å²) in [6, 6.07) is 9.66. The fourth-order valence-corrected chi connectivity index (χ4v) is 3.66. The molecule has 154 valence electrons. The summed E-state index contributed by atoms with van der Waals surface area (Å²) in [6.45, 7) is 5.43. The molecule has 0 bridgehead atoms. The molecule has 7 heteroatoms. The number of piperidine rings is 1. The van der Waals surface area contributed by atoms with Gasteiger partial charge < -0.3 is 30.9 Å². The topological polar surface area (TPSA) is 108 Å². The molecule has 2 aromatic carbocycles. The molecular weight excluding hydrogens is 370 g/mol. The Kier molecular flexibility index (Phi) is 6.16. The fraction of sp³-hybridized carbons (Fsp3) is 0.318. The molecule has 0 saturated carbocycles. The van der Waals surface area contributed by atoms with Gasteiger partial charge in [-0.15, -0.1) is 0 Å². The summed E-state index contributed by atoms with van der Waals surface area (Å²) in [7, 11) is 1.81. The number of nitrogens with zero attached hydrogens (tertiary/aromatic N) is 1. The third kappa shape index (κ3) is 4.56. The number of likely N-dealkylation sites (tertiary alicyclic amines) is 1. The number of hydrogen-bond acceptors (Lipinski definition) is 6. The molecule has 1 saturated heterocycles. The van der Waals surface area contributed by atoms with Gasteiger partial charge in [-0.1, -0.05) is 12.6 Å². The third-order valence-corrected chi connectivity index (χ3v) is 5.11. The van der Waals surface area contributed by atoms with Crippen molar-refractivity contribution >= 4 is 17.3 Å². The summed E-state index contributed by atoms with van der Waals surface area (Å²) in [5, 5.41) is 22.5. The van der Waals surface area contributed by atoms with Gasteiger partial charge in [0.15, 0.2) is 0 Å². The van der Waals surface area contributed by atoms with E-state index in [-0.39, 0.29) is 28.9 Å². The normalized spacial score (nSPS) is 16.3. The maximum atomic E-state index is 12.8. The summed E-state index contributed by atoms with van der Waals surface area (Å²) < 4.78 is 6.05. The molecular formula is C22H27N3O4.